The first-order valence-electron chi connectivity index (χ1n) is 8.30. The summed E-state index contributed by atoms with van der Waals surface area (Å²) in [5, 5.41) is 3.19. The second-order valence-corrected chi connectivity index (χ2v) is 7.31. The van der Waals surface area contributed by atoms with Crippen LogP contribution in [0.3, 0.4) is 0 Å². The highest BCUT2D eigenvalue weighted by Gasteiger charge is 2.31. The molecule has 3 heterocycles. The van der Waals surface area contributed by atoms with Crippen LogP contribution in [0.5, 0.6) is 0 Å². The third kappa shape index (κ3) is 3.90. The van der Waals surface area contributed by atoms with Gasteiger partial charge in [0.25, 0.3) is 0 Å². The van der Waals surface area contributed by atoms with Crippen molar-refractivity contribution in [1.82, 2.24) is 20.8 Å². The van der Waals surface area contributed by atoms with Gasteiger partial charge < -0.3 is 10.1 Å². The van der Waals surface area contributed by atoms with E-state index in [1.807, 2.05) is 26.0 Å². The van der Waals surface area contributed by atoms with Crippen LogP contribution in [0.4, 0.5) is 5.13 Å². The summed E-state index contributed by atoms with van der Waals surface area (Å²) in [7, 11) is 1.32. The molecule has 2 aromatic rings. The van der Waals surface area contributed by atoms with Crippen molar-refractivity contribution in [3.63, 3.8) is 0 Å². The van der Waals surface area contributed by atoms with Crippen molar-refractivity contribution in [3.8, 4) is 0 Å². The number of methoxy groups -OCH3 is 1. The Morgan fingerprint density at radius 3 is 2.85 bits per heavy atom. The van der Waals surface area contributed by atoms with Crippen LogP contribution in [0.15, 0.2) is 24.5 Å². The Kier molecular flexibility index (Phi) is 5.60. The molecular formula is C17H21N5O3S. The molecule has 1 aliphatic rings. The molecular weight excluding hydrogens is 354 g/mol. The minimum Gasteiger partial charge on any atom is -0.464 e. The van der Waals surface area contributed by atoms with Gasteiger partial charge in [0.1, 0.15) is 6.04 Å². The number of hydrazine groups is 1. The third-order valence-electron chi connectivity index (χ3n) is 4.09. The first kappa shape index (κ1) is 18.4. The van der Waals surface area contributed by atoms with Crippen molar-refractivity contribution in [2.75, 3.05) is 12.4 Å². The largest absolute Gasteiger partial charge is 0.464 e. The van der Waals surface area contributed by atoms with E-state index in [9.17, 15) is 9.59 Å². The van der Waals surface area contributed by atoms with Gasteiger partial charge in [-0.3, -0.25) is 9.78 Å². The standard InChI is InChI=1S/C17H21N5O3S/c1-9(2)14-13(16(24)25-3)19-17(26-14)20-15(23)12-7-11(21-22-12)10-5-4-6-18-8-10/h4-6,8-9,11-12,21-22H,7H2,1-3H3,(H,19,20,23). The van der Waals surface area contributed by atoms with Gasteiger partial charge in [0, 0.05) is 23.3 Å². The van der Waals surface area contributed by atoms with Gasteiger partial charge in [0.15, 0.2) is 10.8 Å². The quantitative estimate of drug-likeness (QED) is 0.686. The van der Waals surface area contributed by atoms with Gasteiger partial charge in [0.2, 0.25) is 5.91 Å². The lowest BCUT2D eigenvalue weighted by Gasteiger charge is -2.08. The Bertz CT molecular complexity index is 793. The average Bonchev–Trinajstić information content (AvgIpc) is 3.29. The number of carbonyl (C=O) groups is 2. The van der Waals surface area contributed by atoms with Crippen molar-refractivity contribution >= 4 is 28.3 Å². The Morgan fingerprint density at radius 1 is 1.38 bits per heavy atom. The minimum atomic E-state index is -0.497. The second kappa shape index (κ2) is 7.90. The molecule has 0 saturated carbocycles. The van der Waals surface area contributed by atoms with Crippen LogP contribution in [0.25, 0.3) is 0 Å². The molecule has 1 amide bonds. The Labute approximate surface area is 155 Å². The smallest absolute Gasteiger partial charge is 0.357 e. The van der Waals surface area contributed by atoms with Crippen LogP contribution in [0.1, 0.15) is 53.2 Å². The van der Waals surface area contributed by atoms with E-state index in [1.54, 1.807) is 12.4 Å². The molecule has 26 heavy (non-hydrogen) atoms. The fourth-order valence-electron chi connectivity index (χ4n) is 2.74. The summed E-state index contributed by atoms with van der Waals surface area (Å²) < 4.78 is 4.77. The van der Waals surface area contributed by atoms with Crippen LogP contribution in [0, 0.1) is 0 Å². The predicted octanol–water partition coefficient (Wildman–Crippen LogP) is 1.99. The lowest BCUT2D eigenvalue weighted by atomic mass is 10.0. The van der Waals surface area contributed by atoms with Crippen LogP contribution in [-0.2, 0) is 9.53 Å². The molecule has 1 saturated heterocycles. The summed E-state index contributed by atoms with van der Waals surface area (Å²) in [5.41, 5.74) is 7.38. The van der Waals surface area contributed by atoms with Crippen molar-refractivity contribution in [3.05, 3.63) is 40.7 Å². The number of pyridine rings is 1. The van der Waals surface area contributed by atoms with E-state index >= 15 is 0 Å². The number of amides is 1. The van der Waals surface area contributed by atoms with E-state index < -0.39 is 12.0 Å². The zero-order valence-electron chi connectivity index (χ0n) is 14.8. The number of thiazole rings is 1. The van der Waals surface area contributed by atoms with Gasteiger partial charge in [-0.1, -0.05) is 19.9 Å². The number of rotatable bonds is 5. The number of anilines is 1. The normalized spacial score (nSPS) is 19.5. The average molecular weight is 375 g/mol. The minimum absolute atomic E-state index is 0.00704. The molecule has 0 aliphatic carbocycles. The van der Waals surface area contributed by atoms with Crippen LogP contribution < -0.4 is 16.2 Å². The molecule has 0 bridgehead atoms. The van der Waals surface area contributed by atoms with Gasteiger partial charge in [0.05, 0.1) is 7.11 Å². The fraction of sp³-hybridized carbons (Fsp3) is 0.412. The summed E-state index contributed by atoms with van der Waals surface area (Å²) in [6.45, 7) is 3.93. The maximum atomic E-state index is 12.5. The van der Waals surface area contributed by atoms with Gasteiger partial charge >= 0.3 is 5.97 Å². The molecule has 2 unspecified atom stereocenters. The topological polar surface area (TPSA) is 105 Å². The van der Waals surface area contributed by atoms with E-state index in [0.29, 0.717) is 11.6 Å². The van der Waals surface area contributed by atoms with Crippen LogP contribution >= 0.6 is 11.3 Å². The molecule has 2 atom stereocenters. The molecule has 1 fully saturated rings. The van der Waals surface area contributed by atoms with E-state index in [4.69, 9.17) is 4.74 Å². The highest BCUT2D eigenvalue weighted by atomic mass is 32.1. The van der Waals surface area contributed by atoms with Gasteiger partial charge in [-0.15, -0.1) is 11.3 Å². The highest BCUT2D eigenvalue weighted by molar-refractivity contribution is 7.16. The number of hydrogen-bond acceptors (Lipinski definition) is 8. The van der Waals surface area contributed by atoms with Crippen molar-refractivity contribution in [2.45, 2.75) is 38.3 Å². The van der Waals surface area contributed by atoms with Crippen LogP contribution in [-0.4, -0.2) is 35.0 Å². The Morgan fingerprint density at radius 2 is 2.19 bits per heavy atom. The number of ether oxygens (including phenoxy) is 1. The van der Waals surface area contributed by atoms with E-state index in [2.05, 4.69) is 26.1 Å². The number of carbonyl (C=O) groups excluding carboxylic acids is 2. The first-order valence-corrected chi connectivity index (χ1v) is 9.12. The number of hydrogen-bond donors (Lipinski definition) is 3. The molecule has 2 aromatic heterocycles. The maximum Gasteiger partial charge on any atom is 0.357 e. The molecule has 138 valence electrons. The number of nitrogens with one attached hydrogen (secondary N) is 3. The Balaban J connectivity index is 1.68. The summed E-state index contributed by atoms with van der Waals surface area (Å²) in [6.07, 6.45) is 4.07. The zero-order valence-corrected chi connectivity index (χ0v) is 15.6. The third-order valence-corrected chi connectivity index (χ3v) is 5.36. The zero-order chi connectivity index (χ0) is 18.7. The molecule has 0 aromatic carbocycles. The van der Waals surface area contributed by atoms with Crippen molar-refractivity contribution in [1.29, 1.82) is 0 Å². The van der Waals surface area contributed by atoms with Crippen molar-refractivity contribution in [2.24, 2.45) is 0 Å². The predicted molar refractivity (Wildman–Crippen MR) is 97.8 cm³/mol. The molecule has 0 radical (unpaired) electrons. The van der Waals surface area contributed by atoms with E-state index in [1.165, 1.54) is 18.4 Å². The Hall–Kier alpha value is -2.36. The SMILES string of the molecule is COC(=O)c1nc(NC(=O)C2CC(c3cccnc3)NN2)sc1C(C)C. The van der Waals surface area contributed by atoms with E-state index in [0.717, 1.165) is 10.4 Å². The molecule has 9 heteroatoms. The molecule has 3 rings (SSSR count). The molecule has 3 N–H and O–H groups in total. The highest BCUT2D eigenvalue weighted by Crippen LogP contribution is 2.31. The summed E-state index contributed by atoms with van der Waals surface area (Å²) in [6, 6.07) is 3.42. The monoisotopic (exact) mass is 375 g/mol. The lowest BCUT2D eigenvalue weighted by Crippen LogP contribution is -2.39. The molecule has 8 nitrogen and oxygen atoms in total. The van der Waals surface area contributed by atoms with Crippen LogP contribution in [0.2, 0.25) is 0 Å². The summed E-state index contributed by atoms with van der Waals surface area (Å²) in [4.78, 5) is 33.6. The van der Waals surface area contributed by atoms with Crippen molar-refractivity contribution < 1.29 is 14.3 Å². The lowest BCUT2D eigenvalue weighted by molar-refractivity contribution is -0.117. The second-order valence-electron chi connectivity index (χ2n) is 6.28. The molecule has 0 spiro atoms. The fourth-order valence-corrected chi connectivity index (χ4v) is 3.70. The van der Waals surface area contributed by atoms with Gasteiger partial charge in [-0.05, 0) is 24.0 Å². The number of esters is 1. The first-order chi connectivity index (χ1) is 12.5. The summed E-state index contributed by atoms with van der Waals surface area (Å²) in [5.74, 6) is -0.597. The van der Waals surface area contributed by atoms with Gasteiger partial charge in [-0.25, -0.2) is 20.6 Å². The maximum absolute atomic E-state index is 12.5. The summed E-state index contributed by atoms with van der Waals surface area (Å²) >= 11 is 1.29. The number of aromatic nitrogens is 2. The van der Waals surface area contributed by atoms with E-state index in [-0.39, 0.29) is 23.6 Å². The molecule has 1 aliphatic heterocycles. The van der Waals surface area contributed by atoms with Gasteiger partial charge in [-0.2, -0.15) is 0 Å². The number of nitrogens with zero attached hydrogens (tertiary/aromatic N) is 2.